The third kappa shape index (κ3) is 5.25. The number of carbonyl (C=O) groups excluding carboxylic acids is 2. The van der Waals surface area contributed by atoms with Crippen LogP contribution in [0.2, 0.25) is 0 Å². The maximum atomic E-state index is 12.4. The van der Waals surface area contributed by atoms with Gasteiger partial charge in [-0.2, -0.15) is 10.2 Å². The van der Waals surface area contributed by atoms with Crippen molar-refractivity contribution in [3.8, 4) is 11.5 Å². The van der Waals surface area contributed by atoms with Crippen molar-refractivity contribution in [1.82, 2.24) is 10.9 Å². The van der Waals surface area contributed by atoms with Gasteiger partial charge in [0.2, 0.25) is 0 Å². The third-order valence-electron chi connectivity index (χ3n) is 4.98. The van der Waals surface area contributed by atoms with E-state index in [1.54, 1.807) is 72.8 Å². The van der Waals surface area contributed by atoms with Gasteiger partial charge in [0.1, 0.15) is 11.5 Å². The molecule has 34 heavy (non-hydrogen) atoms. The number of amides is 2. The number of benzene rings is 4. The SMILES string of the molecule is O=C(N/N=C/c1ccccc1O)c1ccc2cc(C(=O)N/N=C/c3ccccc3O)ccc2c1. The van der Waals surface area contributed by atoms with Crippen LogP contribution >= 0.6 is 0 Å². The quantitative estimate of drug-likeness (QED) is 0.263. The molecule has 0 unspecified atom stereocenters. The fourth-order valence-electron chi connectivity index (χ4n) is 3.17. The summed E-state index contributed by atoms with van der Waals surface area (Å²) >= 11 is 0. The van der Waals surface area contributed by atoms with Crippen LogP contribution in [0.15, 0.2) is 95.1 Å². The van der Waals surface area contributed by atoms with Gasteiger partial charge < -0.3 is 10.2 Å². The minimum atomic E-state index is -0.408. The van der Waals surface area contributed by atoms with Crippen LogP contribution in [0.1, 0.15) is 31.8 Å². The summed E-state index contributed by atoms with van der Waals surface area (Å²) in [5.41, 5.74) is 6.62. The van der Waals surface area contributed by atoms with Gasteiger partial charge >= 0.3 is 0 Å². The fourth-order valence-corrected chi connectivity index (χ4v) is 3.17. The van der Waals surface area contributed by atoms with E-state index in [-0.39, 0.29) is 11.5 Å². The third-order valence-corrected chi connectivity index (χ3v) is 4.98. The molecule has 0 aliphatic carbocycles. The zero-order valence-corrected chi connectivity index (χ0v) is 17.8. The van der Waals surface area contributed by atoms with E-state index in [2.05, 4.69) is 21.1 Å². The lowest BCUT2D eigenvalue weighted by Crippen LogP contribution is -2.18. The predicted octanol–water partition coefficient (Wildman–Crippen LogP) is 3.78. The number of fused-ring (bicyclic) bond motifs is 1. The molecular formula is C26H20N4O4. The molecule has 0 aliphatic rings. The van der Waals surface area contributed by atoms with Crippen molar-refractivity contribution < 1.29 is 19.8 Å². The molecular weight excluding hydrogens is 432 g/mol. The van der Waals surface area contributed by atoms with Crippen molar-refractivity contribution in [3.05, 3.63) is 107 Å². The molecule has 0 atom stereocenters. The molecule has 0 bridgehead atoms. The van der Waals surface area contributed by atoms with E-state index in [0.29, 0.717) is 22.3 Å². The molecule has 0 heterocycles. The number of hydrazone groups is 2. The molecule has 0 saturated carbocycles. The Morgan fingerprint density at radius 2 is 1.03 bits per heavy atom. The molecule has 4 N–H and O–H groups in total. The van der Waals surface area contributed by atoms with Crippen molar-refractivity contribution in [2.75, 3.05) is 0 Å². The second-order valence-electron chi connectivity index (χ2n) is 7.29. The monoisotopic (exact) mass is 452 g/mol. The van der Waals surface area contributed by atoms with Crippen molar-refractivity contribution in [3.63, 3.8) is 0 Å². The van der Waals surface area contributed by atoms with Crippen LogP contribution in [0.3, 0.4) is 0 Å². The number of hydrogen-bond donors (Lipinski definition) is 4. The van der Waals surface area contributed by atoms with Crippen LogP contribution < -0.4 is 10.9 Å². The average Bonchev–Trinajstić information content (AvgIpc) is 2.85. The first kappa shape index (κ1) is 22.2. The number of phenolic OH excluding ortho intramolecular Hbond substituents is 2. The fraction of sp³-hybridized carbons (Fsp3) is 0. The molecule has 0 fully saturated rings. The highest BCUT2D eigenvalue weighted by molar-refractivity contribution is 6.02. The Bertz CT molecular complexity index is 1320. The minimum Gasteiger partial charge on any atom is -0.507 e. The van der Waals surface area contributed by atoms with Gasteiger partial charge in [-0.3, -0.25) is 9.59 Å². The predicted molar refractivity (Wildman–Crippen MR) is 130 cm³/mol. The summed E-state index contributed by atoms with van der Waals surface area (Å²) in [6.07, 6.45) is 2.72. The topological polar surface area (TPSA) is 123 Å². The first-order valence-electron chi connectivity index (χ1n) is 10.3. The van der Waals surface area contributed by atoms with Crippen molar-refractivity contribution in [2.24, 2.45) is 10.2 Å². The number of hydrogen-bond acceptors (Lipinski definition) is 6. The summed E-state index contributed by atoms with van der Waals surface area (Å²) in [6, 6.07) is 23.4. The van der Waals surface area contributed by atoms with Crippen LogP contribution in [0, 0.1) is 0 Å². The second kappa shape index (κ2) is 10.1. The Labute approximate surface area is 194 Å². The first-order valence-corrected chi connectivity index (χ1v) is 10.3. The summed E-state index contributed by atoms with van der Waals surface area (Å²) in [5, 5.41) is 28.8. The summed E-state index contributed by atoms with van der Waals surface area (Å²) < 4.78 is 0. The molecule has 0 radical (unpaired) electrons. The molecule has 168 valence electrons. The van der Waals surface area contributed by atoms with E-state index in [1.807, 2.05) is 0 Å². The van der Waals surface area contributed by atoms with Gasteiger partial charge in [0.05, 0.1) is 12.4 Å². The maximum absolute atomic E-state index is 12.4. The van der Waals surface area contributed by atoms with Crippen LogP contribution in [-0.4, -0.2) is 34.5 Å². The lowest BCUT2D eigenvalue weighted by Gasteiger charge is -2.05. The van der Waals surface area contributed by atoms with E-state index in [0.717, 1.165) is 10.8 Å². The molecule has 8 nitrogen and oxygen atoms in total. The number of rotatable bonds is 6. The molecule has 2 amide bonds. The number of carbonyl (C=O) groups is 2. The smallest absolute Gasteiger partial charge is 0.271 e. The van der Waals surface area contributed by atoms with Gasteiger partial charge in [-0.15, -0.1) is 0 Å². The number of phenols is 2. The Morgan fingerprint density at radius 3 is 1.44 bits per heavy atom. The standard InChI is InChI=1S/C26H20N4O4/c31-23-7-3-1-5-21(23)15-27-29-25(33)19-11-9-18-14-20(12-10-17(18)13-19)26(34)30-28-16-22-6-2-4-8-24(22)32/h1-16,31-32H,(H,29,33)(H,30,34)/b27-15+,28-16+. The Hall–Kier alpha value is -4.98. The summed E-state index contributed by atoms with van der Waals surface area (Å²) in [7, 11) is 0. The van der Waals surface area contributed by atoms with Gasteiger partial charge in [0.15, 0.2) is 0 Å². The van der Waals surface area contributed by atoms with Crippen LogP contribution in [0.25, 0.3) is 10.8 Å². The highest BCUT2D eigenvalue weighted by atomic mass is 16.3. The highest BCUT2D eigenvalue weighted by Crippen LogP contribution is 2.19. The summed E-state index contributed by atoms with van der Waals surface area (Å²) in [6.45, 7) is 0. The van der Waals surface area contributed by atoms with Crippen LogP contribution in [-0.2, 0) is 0 Å². The van der Waals surface area contributed by atoms with E-state index >= 15 is 0 Å². The zero-order valence-electron chi connectivity index (χ0n) is 17.8. The van der Waals surface area contributed by atoms with Crippen molar-refractivity contribution in [1.29, 1.82) is 0 Å². The first-order chi connectivity index (χ1) is 16.5. The minimum absolute atomic E-state index is 0.0648. The molecule has 8 heteroatoms. The van der Waals surface area contributed by atoms with Crippen molar-refractivity contribution in [2.45, 2.75) is 0 Å². The molecule has 0 aromatic heterocycles. The number of nitrogens with one attached hydrogen (secondary N) is 2. The molecule has 4 aromatic rings. The Balaban J connectivity index is 1.42. The van der Waals surface area contributed by atoms with E-state index in [4.69, 9.17) is 0 Å². The zero-order chi connectivity index (χ0) is 23.9. The normalized spacial score (nSPS) is 11.2. The molecule has 0 spiro atoms. The molecule has 0 aliphatic heterocycles. The number of para-hydroxylation sites is 2. The van der Waals surface area contributed by atoms with Crippen LogP contribution in [0.5, 0.6) is 11.5 Å². The molecule has 4 rings (SSSR count). The average molecular weight is 452 g/mol. The van der Waals surface area contributed by atoms with E-state index < -0.39 is 11.8 Å². The Morgan fingerprint density at radius 1 is 0.618 bits per heavy atom. The lowest BCUT2D eigenvalue weighted by atomic mass is 10.0. The largest absolute Gasteiger partial charge is 0.507 e. The maximum Gasteiger partial charge on any atom is 0.271 e. The number of aromatic hydroxyl groups is 2. The van der Waals surface area contributed by atoms with Crippen LogP contribution in [0.4, 0.5) is 0 Å². The summed E-state index contributed by atoms with van der Waals surface area (Å²) in [4.78, 5) is 24.8. The van der Waals surface area contributed by atoms with E-state index in [1.165, 1.54) is 24.6 Å². The molecule has 0 saturated heterocycles. The Kier molecular flexibility index (Phi) is 6.60. The highest BCUT2D eigenvalue weighted by Gasteiger charge is 2.09. The van der Waals surface area contributed by atoms with Gasteiger partial charge in [0, 0.05) is 22.3 Å². The van der Waals surface area contributed by atoms with Crippen molar-refractivity contribution >= 4 is 35.0 Å². The second-order valence-corrected chi connectivity index (χ2v) is 7.29. The van der Waals surface area contributed by atoms with Gasteiger partial charge in [-0.05, 0) is 59.3 Å². The summed E-state index contributed by atoms with van der Waals surface area (Å²) in [5.74, 6) is -0.687. The number of nitrogens with zero attached hydrogens (tertiary/aromatic N) is 2. The van der Waals surface area contributed by atoms with Gasteiger partial charge in [-0.1, -0.05) is 36.4 Å². The van der Waals surface area contributed by atoms with Gasteiger partial charge in [0.25, 0.3) is 11.8 Å². The van der Waals surface area contributed by atoms with Gasteiger partial charge in [-0.25, -0.2) is 10.9 Å². The van der Waals surface area contributed by atoms with E-state index in [9.17, 15) is 19.8 Å². The lowest BCUT2D eigenvalue weighted by molar-refractivity contribution is 0.0947. The molecule has 4 aromatic carbocycles.